The van der Waals surface area contributed by atoms with Crippen molar-refractivity contribution in [2.75, 3.05) is 12.9 Å². The lowest BCUT2D eigenvalue weighted by atomic mass is 10.0. The highest BCUT2D eigenvalue weighted by atomic mass is 32.2. The third kappa shape index (κ3) is 3.29. The number of carbonyl (C=O) groups excluding carboxylic acids is 1. The highest BCUT2D eigenvalue weighted by Crippen LogP contribution is 2.36. The predicted octanol–water partition coefficient (Wildman–Crippen LogP) is 2.35. The van der Waals surface area contributed by atoms with Gasteiger partial charge in [0, 0.05) is 21.7 Å². The third-order valence-electron chi connectivity index (χ3n) is 3.29. The van der Waals surface area contributed by atoms with Crippen LogP contribution in [0.2, 0.25) is 0 Å². The molecule has 2 aromatic rings. The molecule has 0 unspecified atom stereocenters. The summed E-state index contributed by atoms with van der Waals surface area (Å²) in [6.45, 7) is 4.06. The number of nitrogens with zero attached hydrogens (tertiary/aromatic N) is 1. The van der Waals surface area contributed by atoms with Gasteiger partial charge in [0.05, 0.1) is 13.1 Å². The number of thioether (sulfide) groups is 1. The number of hydrogen-bond donors (Lipinski definition) is 0. The van der Waals surface area contributed by atoms with Crippen molar-refractivity contribution in [3.63, 3.8) is 0 Å². The summed E-state index contributed by atoms with van der Waals surface area (Å²) in [4.78, 5) is 16.4. The van der Waals surface area contributed by atoms with Gasteiger partial charge in [0.2, 0.25) is 0 Å². The van der Waals surface area contributed by atoms with E-state index in [0.29, 0.717) is 5.75 Å². The van der Waals surface area contributed by atoms with Gasteiger partial charge in [0.15, 0.2) is 0 Å². The summed E-state index contributed by atoms with van der Waals surface area (Å²) in [5.41, 5.74) is 2.82. The first-order valence-electron chi connectivity index (χ1n) is 6.87. The van der Waals surface area contributed by atoms with Gasteiger partial charge in [-0.1, -0.05) is 25.5 Å². The molecule has 1 aromatic carbocycles. The number of pyridine rings is 1. The Morgan fingerprint density at radius 2 is 2.19 bits per heavy atom. The summed E-state index contributed by atoms with van der Waals surface area (Å²) in [5.74, 6) is -0.422. The minimum atomic E-state index is -1.06. The monoisotopic (exact) mass is 304 g/mol. The van der Waals surface area contributed by atoms with Gasteiger partial charge < -0.3 is 14.6 Å². The van der Waals surface area contributed by atoms with Crippen LogP contribution in [0, 0.1) is 6.92 Å². The van der Waals surface area contributed by atoms with Gasteiger partial charge in [-0.05, 0) is 25.0 Å². The normalized spacial score (nSPS) is 10.8. The minimum absolute atomic E-state index is 0.0630. The molecule has 5 heteroatoms. The molecule has 2 rings (SSSR count). The number of aliphatic carboxylic acids is 1. The van der Waals surface area contributed by atoms with Crippen molar-refractivity contribution in [3.8, 4) is 5.75 Å². The topological polar surface area (TPSA) is 62.2 Å². The predicted molar refractivity (Wildman–Crippen MR) is 82.8 cm³/mol. The maximum Gasteiger partial charge on any atom is 0.145 e. The molecule has 1 heterocycles. The molecule has 0 spiro atoms. The molecule has 0 radical (unpaired) electrons. The molecule has 0 saturated heterocycles. The zero-order valence-corrected chi connectivity index (χ0v) is 13.3. The van der Waals surface area contributed by atoms with Crippen LogP contribution in [0.15, 0.2) is 23.1 Å². The first-order valence-corrected chi connectivity index (χ1v) is 7.85. The number of fused-ring (bicyclic) bond motifs is 1. The molecule has 0 fully saturated rings. The quantitative estimate of drug-likeness (QED) is 0.767. The summed E-state index contributed by atoms with van der Waals surface area (Å²) >= 11 is 1.30. The van der Waals surface area contributed by atoms with Crippen molar-refractivity contribution < 1.29 is 14.6 Å². The van der Waals surface area contributed by atoms with Crippen LogP contribution in [0.3, 0.4) is 0 Å². The second kappa shape index (κ2) is 6.80. The second-order valence-electron chi connectivity index (χ2n) is 4.77. The Hall–Kier alpha value is -1.75. The zero-order chi connectivity index (χ0) is 15.4. The molecule has 0 bridgehead atoms. The van der Waals surface area contributed by atoms with Crippen molar-refractivity contribution in [3.05, 3.63) is 29.5 Å². The molecule has 0 N–H and O–H groups in total. The van der Waals surface area contributed by atoms with E-state index in [2.05, 4.69) is 11.9 Å². The zero-order valence-electron chi connectivity index (χ0n) is 12.4. The molecule has 21 heavy (non-hydrogen) atoms. The van der Waals surface area contributed by atoms with Crippen LogP contribution in [0.4, 0.5) is 0 Å². The lowest BCUT2D eigenvalue weighted by Crippen LogP contribution is -2.24. The fourth-order valence-corrected chi connectivity index (χ4v) is 3.39. The lowest BCUT2D eigenvalue weighted by Gasteiger charge is -2.16. The van der Waals surface area contributed by atoms with E-state index in [1.807, 2.05) is 25.1 Å². The fourth-order valence-electron chi connectivity index (χ4n) is 2.39. The Bertz CT molecular complexity index is 670. The number of aromatic nitrogens is 1. The largest absolute Gasteiger partial charge is 0.549 e. The minimum Gasteiger partial charge on any atom is -0.549 e. The van der Waals surface area contributed by atoms with Crippen LogP contribution in [0.5, 0.6) is 5.75 Å². The number of para-hydroxylation sites is 1. The number of rotatable bonds is 6. The van der Waals surface area contributed by atoms with Crippen molar-refractivity contribution in [1.29, 1.82) is 0 Å². The van der Waals surface area contributed by atoms with E-state index in [0.717, 1.165) is 39.9 Å². The molecule has 112 valence electrons. The van der Waals surface area contributed by atoms with E-state index in [9.17, 15) is 9.90 Å². The molecule has 0 saturated carbocycles. The number of benzene rings is 1. The summed E-state index contributed by atoms with van der Waals surface area (Å²) in [5, 5.41) is 11.8. The highest BCUT2D eigenvalue weighted by molar-refractivity contribution is 8.00. The Kier molecular flexibility index (Phi) is 5.07. The Morgan fingerprint density at radius 3 is 2.81 bits per heavy atom. The van der Waals surface area contributed by atoms with Gasteiger partial charge in [-0.25, -0.2) is 4.98 Å². The molecule has 0 amide bonds. The van der Waals surface area contributed by atoms with E-state index in [-0.39, 0.29) is 5.75 Å². The average Bonchev–Trinajstić information content (AvgIpc) is 2.46. The van der Waals surface area contributed by atoms with Crippen LogP contribution in [0.1, 0.15) is 24.6 Å². The standard InChI is InChI=1S/C16H19NO3S/c1-4-6-11-10(2)17-15-12(7-5-8-13(15)20-3)16(11)21-9-14(18)19/h5,7-8H,4,6,9H2,1-3H3,(H,18,19)/p-1. The lowest BCUT2D eigenvalue weighted by molar-refractivity contribution is -0.301. The summed E-state index contributed by atoms with van der Waals surface area (Å²) < 4.78 is 5.36. The van der Waals surface area contributed by atoms with E-state index in [1.165, 1.54) is 11.8 Å². The van der Waals surface area contributed by atoms with E-state index >= 15 is 0 Å². The summed E-state index contributed by atoms with van der Waals surface area (Å²) in [6.07, 6.45) is 1.86. The molecule has 1 aromatic heterocycles. The van der Waals surface area contributed by atoms with Crippen molar-refractivity contribution >= 4 is 28.6 Å². The Morgan fingerprint density at radius 1 is 1.43 bits per heavy atom. The molecular formula is C16H18NO3S-. The first-order chi connectivity index (χ1) is 10.1. The smallest absolute Gasteiger partial charge is 0.145 e. The van der Waals surface area contributed by atoms with E-state index in [4.69, 9.17) is 4.74 Å². The van der Waals surface area contributed by atoms with Gasteiger partial charge in [0.1, 0.15) is 11.3 Å². The Balaban J connectivity index is 2.67. The molecule has 0 atom stereocenters. The van der Waals surface area contributed by atoms with Crippen molar-refractivity contribution in [2.45, 2.75) is 31.6 Å². The number of methoxy groups -OCH3 is 1. The first kappa shape index (κ1) is 15.6. The van der Waals surface area contributed by atoms with Crippen LogP contribution in [-0.2, 0) is 11.2 Å². The van der Waals surface area contributed by atoms with E-state index < -0.39 is 5.97 Å². The van der Waals surface area contributed by atoms with Crippen LogP contribution in [-0.4, -0.2) is 23.8 Å². The average molecular weight is 304 g/mol. The number of carbonyl (C=O) groups is 1. The van der Waals surface area contributed by atoms with E-state index in [1.54, 1.807) is 7.11 Å². The van der Waals surface area contributed by atoms with Crippen LogP contribution in [0.25, 0.3) is 10.9 Å². The summed E-state index contributed by atoms with van der Waals surface area (Å²) in [6, 6.07) is 5.72. The molecular weight excluding hydrogens is 286 g/mol. The number of carboxylic acid groups (broad SMARTS) is 1. The summed E-state index contributed by atoms with van der Waals surface area (Å²) in [7, 11) is 1.61. The maximum atomic E-state index is 10.8. The molecule has 0 aliphatic rings. The highest BCUT2D eigenvalue weighted by Gasteiger charge is 2.15. The fraction of sp³-hybridized carbons (Fsp3) is 0.375. The SMILES string of the molecule is CCCc1c(C)nc2c(OC)cccc2c1SCC(=O)[O-]. The van der Waals surface area contributed by atoms with Crippen LogP contribution < -0.4 is 9.84 Å². The maximum absolute atomic E-state index is 10.8. The number of hydrogen-bond acceptors (Lipinski definition) is 5. The van der Waals surface area contributed by atoms with Gasteiger partial charge in [-0.15, -0.1) is 11.8 Å². The second-order valence-corrected chi connectivity index (χ2v) is 5.76. The van der Waals surface area contributed by atoms with Gasteiger partial charge >= 0.3 is 0 Å². The van der Waals surface area contributed by atoms with Crippen LogP contribution >= 0.6 is 11.8 Å². The number of aryl methyl sites for hydroxylation is 1. The van der Waals surface area contributed by atoms with Gasteiger partial charge in [-0.3, -0.25) is 0 Å². The number of ether oxygens (including phenoxy) is 1. The molecule has 0 aliphatic heterocycles. The van der Waals surface area contributed by atoms with Gasteiger partial charge in [0.25, 0.3) is 0 Å². The van der Waals surface area contributed by atoms with Crippen molar-refractivity contribution in [1.82, 2.24) is 4.98 Å². The molecule has 0 aliphatic carbocycles. The van der Waals surface area contributed by atoms with Gasteiger partial charge in [-0.2, -0.15) is 0 Å². The number of carboxylic acids is 1. The third-order valence-corrected chi connectivity index (χ3v) is 4.42. The molecule has 4 nitrogen and oxygen atoms in total. The Labute approximate surface area is 128 Å². The van der Waals surface area contributed by atoms with Crippen molar-refractivity contribution in [2.24, 2.45) is 0 Å².